The van der Waals surface area contributed by atoms with E-state index in [0.29, 0.717) is 33.9 Å². The van der Waals surface area contributed by atoms with Crippen molar-refractivity contribution < 1.29 is 23.9 Å². The Morgan fingerprint density at radius 3 is 2.09 bits per heavy atom. The molecule has 3 aromatic carbocycles. The number of carbonyl (C=O) groups excluding carboxylic acids is 4. The van der Waals surface area contributed by atoms with Gasteiger partial charge < -0.3 is 15.4 Å². The number of hydrogen-bond acceptors (Lipinski definition) is 10. The molecule has 0 bridgehead atoms. The molecule has 0 spiro atoms. The first kappa shape index (κ1) is 40.7. The molecular weight excluding hydrogens is 737 g/mol. The Morgan fingerprint density at radius 1 is 0.944 bits per heavy atom. The molecule has 0 fully saturated rings. The van der Waals surface area contributed by atoms with E-state index >= 15 is 0 Å². The highest BCUT2D eigenvalue weighted by molar-refractivity contribution is 8.14. The number of ether oxygens (including phenoxy) is 1. The number of thiazole rings is 1. The summed E-state index contributed by atoms with van der Waals surface area (Å²) in [7, 11) is 0. The summed E-state index contributed by atoms with van der Waals surface area (Å²) in [5.74, 6) is 0.623. The average molecular weight is 783 g/mol. The predicted octanol–water partition coefficient (Wildman–Crippen LogP) is 7.34. The number of nitrogens with one attached hydrogen (secondary N) is 2. The first-order valence-corrected chi connectivity index (χ1v) is 20.7. The lowest BCUT2D eigenvalue weighted by atomic mass is 9.84. The van der Waals surface area contributed by atoms with E-state index in [2.05, 4.69) is 65.9 Å². The van der Waals surface area contributed by atoms with E-state index in [4.69, 9.17) is 9.73 Å². The Bertz CT molecular complexity index is 1840. The number of aliphatic imine (C=N–C) groups is 1. The summed E-state index contributed by atoms with van der Waals surface area (Å²) < 4.78 is 4.56. The van der Waals surface area contributed by atoms with Crippen molar-refractivity contribution >= 4 is 64.0 Å². The predicted molar refractivity (Wildman–Crippen MR) is 220 cm³/mol. The quantitative estimate of drug-likeness (QED) is 0.0575. The second-order valence-corrected chi connectivity index (χ2v) is 16.7. The number of carbonyl (C=O) groups is 4. The van der Waals surface area contributed by atoms with Gasteiger partial charge in [-0.3, -0.25) is 24.2 Å². The lowest BCUT2D eigenvalue weighted by Crippen LogP contribution is -2.48. The van der Waals surface area contributed by atoms with Crippen molar-refractivity contribution in [3.05, 3.63) is 136 Å². The molecule has 54 heavy (non-hydrogen) atoms. The molecule has 1 aliphatic rings. The topological polar surface area (TPSA) is 127 Å². The van der Waals surface area contributed by atoms with Crippen LogP contribution in [-0.2, 0) is 35.2 Å². The minimum atomic E-state index is -0.872. The average Bonchev–Trinajstić information content (AvgIpc) is 3.83. The van der Waals surface area contributed by atoms with E-state index in [1.807, 2.05) is 73.8 Å². The number of Topliss-reactive ketones (excluding diaryl/α,β-unsaturated/α-hetero) is 1. The van der Waals surface area contributed by atoms with Gasteiger partial charge in [-0.05, 0) is 42.5 Å². The second-order valence-electron chi connectivity index (χ2n) is 13.6. The van der Waals surface area contributed by atoms with Crippen LogP contribution in [0.5, 0.6) is 0 Å². The number of rotatable bonds is 19. The Hall–Kier alpha value is -4.52. The van der Waals surface area contributed by atoms with Crippen molar-refractivity contribution in [1.29, 1.82) is 0 Å². The molecular formula is C42H46N4O5S3. The van der Waals surface area contributed by atoms with Crippen LogP contribution >= 0.6 is 34.9 Å². The highest BCUT2D eigenvalue weighted by Gasteiger charge is 2.40. The SMILES string of the molecule is CC(C)C(C)NC(=O)[C@]1(C)CSC(c2csc(CNC(=O)CC(/C=C/CC(=O)CSC(c3ccccc3)(c3ccccc3)c3ccccc3)OC=O)n2)=N1. The first-order chi connectivity index (χ1) is 26.0. The molecule has 2 heterocycles. The molecule has 9 nitrogen and oxygen atoms in total. The third-order valence-electron chi connectivity index (χ3n) is 9.20. The van der Waals surface area contributed by atoms with Crippen LogP contribution in [0.25, 0.3) is 0 Å². The molecule has 3 atom stereocenters. The third-order valence-corrected chi connectivity index (χ3v) is 12.9. The van der Waals surface area contributed by atoms with Crippen LogP contribution < -0.4 is 10.6 Å². The molecule has 0 radical (unpaired) electrons. The van der Waals surface area contributed by atoms with E-state index in [0.717, 1.165) is 16.7 Å². The minimum absolute atomic E-state index is 0.00612. The van der Waals surface area contributed by atoms with E-state index in [-0.39, 0.29) is 48.8 Å². The maximum absolute atomic E-state index is 13.3. The minimum Gasteiger partial charge on any atom is -0.460 e. The van der Waals surface area contributed by atoms with Crippen LogP contribution in [0, 0.1) is 5.92 Å². The van der Waals surface area contributed by atoms with Gasteiger partial charge >= 0.3 is 0 Å². The van der Waals surface area contributed by atoms with Gasteiger partial charge in [-0.25, -0.2) is 4.98 Å². The summed E-state index contributed by atoms with van der Waals surface area (Å²) in [4.78, 5) is 59.8. The molecule has 2 N–H and O–H groups in total. The molecule has 5 rings (SSSR count). The summed E-state index contributed by atoms with van der Waals surface area (Å²) in [6.07, 6.45) is 2.41. The molecule has 282 valence electrons. The number of benzene rings is 3. The Kier molecular flexibility index (Phi) is 14.4. The third kappa shape index (κ3) is 10.4. The Morgan fingerprint density at radius 2 is 1.54 bits per heavy atom. The highest BCUT2D eigenvalue weighted by Crippen LogP contribution is 2.48. The Labute approximate surface area is 329 Å². The monoisotopic (exact) mass is 782 g/mol. The summed E-state index contributed by atoms with van der Waals surface area (Å²) in [5, 5.41) is 9.15. The standard InChI is InChI=1S/C42H46N4O5S3/c1-29(2)30(3)44-40(50)41(4)27-53-39(46-41)36-26-52-38(45-36)24-43-37(49)23-35(51-28-47)22-14-21-34(48)25-54-42(31-15-8-5-9-16-31,32-17-10-6-11-18-32)33-19-12-7-13-20-33/h5-20,22,26,28-30,35H,21,23-25,27H2,1-4H3,(H,43,49)(H,44,50)/b22-14+/t30?,35?,41-/m0/s1. The Balaban J connectivity index is 1.16. The smallest absolute Gasteiger partial charge is 0.293 e. The van der Waals surface area contributed by atoms with Crippen molar-refractivity contribution in [1.82, 2.24) is 15.6 Å². The fourth-order valence-corrected chi connectivity index (χ4v) is 9.12. The molecule has 2 unspecified atom stereocenters. The van der Waals surface area contributed by atoms with Crippen molar-refractivity contribution in [3.8, 4) is 0 Å². The molecule has 1 aliphatic heterocycles. The van der Waals surface area contributed by atoms with Crippen LogP contribution in [0.3, 0.4) is 0 Å². The summed E-state index contributed by atoms with van der Waals surface area (Å²) >= 11 is 4.45. The lowest BCUT2D eigenvalue weighted by Gasteiger charge is -2.35. The lowest BCUT2D eigenvalue weighted by molar-refractivity contribution is -0.134. The highest BCUT2D eigenvalue weighted by atomic mass is 32.2. The molecule has 0 saturated heterocycles. The van der Waals surface area contributed by atoms with Crippen molar-refractivity contribution in [2.45, 2.75) is 69.5 Å². The van der Waals surface area contributed by atoms with Crippen molar-refractivity contribution in [3.63, 3.8) is 0 Å². The number of nitrogens with zero attached hydrogens (tertiary/aromatic N) is 2. The van der Waals surface area contributed by atoms with Gasteiger partial charge in [-0.15, -0.1) is 34.9 Å². The van der Waals surface area contributed by atoms with Gasteiger partial charge in [-0.2, -0.15) is 0 Å². The van der Waals surface area contributed by atoms with E-state index < -0.39 is 16.4 Å². The normalized spacial score (nSPS) is 16.8. The molecule has 0 saturated carbocycles. The number of amides is 2. The summed E-state index contributed by atoms with van der Waals surface area (Å²) in [6.45, 7) is 8.43. The number of ketones is 1. The van der Waals surface area contributed by atoms with Gasteiger partial charge in [0, 0.05) is 23.6 Å². The first-order valence-electron chi connectivity index (χ1n) is 17.9. The fraction of sp³-hybridized carbons (Fsp3) is 0.333. The zero-order valence-corrected chi connectivity index (χ0v) is 33.3. The van der Waals surface area contributed by atoms with E-state index in [1.54, 1.807) is 23.9 Å². The van der Waals surface area contributed by atoms with Crippen LogP contribution in [0.4, 0.5) is 0 Å². The van der Waals surface area contributed by atoms with Gasteiger partial charge in [0.1, 0.15) is 33.2 Å². The van der Waals surface area contributed by atoms with Crippen molar-refractivity contribution in [2.75, 3.05) is 11.5 Å². The zero-order valence-electron chi connectivity index (χ0n) is 30.9. The summed E-state index contributed by atoms with van der Waals surface area (Å²) in [6, 6.07) is 30.6. The number of hydrogen-bond donors (Lipinski definition) is 2. The number of allylic oxidation sites excluding steroid dienone is 1. The molecule has 2 amide bonds. The van der Waals surface area contributed by atoms with Gasteiger partial charge in [0.05, 0.1) is 23.5 Å². The van der Waals surface area contributed by atoms with Gasteiger partial charge in [0.15, 0.2) is 0 Å². The van der Waals surface area contributed by atoms with Gasteiger partial charge in [-0.1, -0.05) is 111 Å². The van der Waals surface area contributed by atoms with E-state index in [9.17, 15) is 19.2 Å². The largest absolute Gasteiger partial charge is 0.460 e. The molecule has 0 aliphatic carbocycles. The van der Waals surface area contributed by atoms with Gasteiger partial charge in [0.2, 0.25) is 11.8 Å². The number of aromatic nitrogens is 1. The van der Waals surface area contributed by atoms with E-state index in [1.165, 1.54) is 23.1 Å². The molecule has 1 aromatic heterocycles. The second kappa shape index (κ2) is 19.2. The van der Waals surface area contributed by atoms with Crippen molar-refractivity contribution in [2.24, 2.45) is 10.9 Å². The summed E-state index contributed by atoms with van der Waals surface area (Å²) in [5.41, 5.74) is 3.01. The van der Waals surface area contributed by atoms with Crippen LogP contribution in [0.1, 0.15) is 67.9 Å². The maximum Gasteiger partial charge on any atom is 0.293 e. The van der Waals surface area contributed by atoms with Crippen LogP contribution in [-0.4, -0.2) is 63.3 Å². The van der Waals surface area contributed by atoms with Crippen LogP contribution in [0.15, 0.2) is 114 Å². The van der Waals surface area contributed by atoms with Gasteiger partial charge in [0.25, 0.3) is 6.47 Å². The maximum atomic E-state index is 13.3. The fourth-order valence-electron chi connectivity index (χ4n) is 5.79. The zero-order chi connectivity index (χ0) is 38.6. The molecule has 4 aromatic rings. The number of thioether (sulfide) groups is 2. The molecule has 12 heteroatoms. The van der Waals surface area contributed by atoms with Crippen LogP contribution in [0.2, 0.25) is 0 Å².